The van der Waals surface area contributed by atoms with Gasteiger partial charge in [-0.3, -0.25) is 24.4 Å². The summed E-state index contributed by atoms with van der Waals surface area (Å²) in [5.41, 5.74) is 0. The number of amides is 2. The lowest BCUT2D eigenvalue weighted by molar-refractivity contribution is -0.140. The quantitative estimate of drug-likeness (QED) is 0.110. The van der Waals surface area contributed by atoms with E-state index in [1.165, 1.54) is 17.7 Å². The van der Waals surface area contributed by atoms with Crippen LogP contribution in [0.3, 0.4) is 0 Å². The monoisotopic (exact) mass is 543 g/mol. The number of halogens is 1. The first kappa shape index (κ1) is 24.5. The Kier molecular flexibility index (Phi) is 8.40. The maximum absolute atomic E-state index is 12.7. The Morgan fingerprint density at radius 1 is 1.16 bits per heavy atom. The van der Waals surface area contributed by atoms with Crippen molar-refractivity contribution in [1.82, 2.24) is 20.4 Å². The summed E-state index contributed by atoms with van der Waals surface area (Å²) in [4.78, 5) is 34.2. The predicted molar refractivity (Wildman–Crippen MR) is 133 cm³/mol. The fourth-order valence-corrected chi connectivity index (χ4v) is 5.52. The SMILES string of the molecule is CCNC(=NCCCN1C(=O)C2C3C=CC(C3)C2C1=O)NCCN(C(C)C)C1CC1.I. The standard InChI is InChI=1S/C23H37N5O2.HI/c1-4-24-23(26-11-13-27(15(2)3)18-8-9-18)25-10-5-12-28-21(29)19-16-6-7-17(14-16)20(19)22(28)30;/h6-7,15-20H,4-5,8-14H2,1-3H3,(H2,24,25,26);1H. The summed E-state index contributed by atoms with van der Waals surface area (Å²) in [6, 6.07) is 1.33. The second kappa shape index (κ2) is 10.6. The lowest BCUT2D eigenvalue weighted by atomic mass is 9.85. The van der Waals surface area contributed by atoms with E-state index in [9.17, 15) is 9.59 Å². The van der Waals surface area contributed by atoms with Crippen molar-refractivity contribution < 1.29 is 9.59 Å². The molecule has 174 valence electrons. The molecule has 7 nitrogen and oxygen atoms in total. The number of rotatable bonds is 10. The zero-order valence-corrected chi connectivity index (χ0v) is 21.4. The Balaban J connectivity index is 0.00000272. The molecule has 0 radical (unpaired) electrons. The summed E-state index contributed by atoms with van der Waals surface area (Å²) in [6.45, 7) is 10.3. The van der Waals surface area contributed by atoms with E-state index >= 15 is 0 Å². The molecule has 2 saturated carbocycles. The van der Waals surface area contributed by atoms with Crippen molar-refractivity contribution in [2.24, 2.45) is 28.7 Å². The number of carbonyl (C=O) groups is 2. The minimum absolute atomic E-state index is 0. The zero-order chi connectivity index (χ0) is 21.3. The maximum Gasteiger partial charge on any atom is 0.233 e. The Bertz CT molecular complexity index is 689. The molecule has 4 unspecified atom stereocenters. The number of hydrogen-bond acceptors (Lipinski definition) is 4. The third-order valence-electron chi connectivity index (χ3n) is 7.06. The zero-order valence-electron chi connectivity index (χ0n) is 19.0. The van der Waals surface area contributed by atoms with Gasteiger partial charge >= 0.3 is 0 Å². The Morgan fingerprint density at radius 2 is 1.81 bits per heavy atom. The van der Waals surface area contributed by atoms with E-state index < -0.39 is 0 Å². The highest BCUT2D eigenvalue weighted by molar-refractivity contribution is 14.0. The molecule has 3 aliphatic carbocycles. The van der Waals surface area contributed by atoms with E-state index in [1.807, 2.05) is 0 Å². The number of aliphatic imine (C=N–C) groups is 1. The van der Waals surface area contributed by atoms with Gasteiger partial charge in [-0.2, -0.15) is 0 Å². The Labute approximate surface area is 203 Å². The lowest BCUT2D eigenvalue weighted by Crippen LogP contribution is -2.44. The third kappa shape index (κ3) is 5.26. The molecule has 0 aromatic heterocycles. The van der Waals surface area contributed by atoms with E-state index in [2.05, 4.69) is 53.4 Å². The van der Waals surface area contributed by atoms with Gasteiger partial charge in [-0.15, -0.1) is 24.0 Å². The second-order valence-electron chi connectivity index (χ2n) is 9.43. The van der Waals surface area contributed by atoms with Crippen LogP contribution in [0.15, 0.2) is 17.1 Å². The fraction of sp³-hybridized carbons (Fsp3) is 0.783. The Morgan fingerprint density at radius 3 is 2.35 bits per heavy atom. The van der Waals surface area contributed by atoms with Gasteiger partial charge in [0.2, 0.25) is 11.8 Å². The first-order valence-corrected chi connectivity index (χ1v) is 11.8. The molecule has 3 fully saturated rings. The van der Waals surface area contributed by atoms with Gasteiger partial charge in [-0.05, 0) is 58.3 Å². The molecule has 4 atom stereocenters. The van der Waals surface area contributed by atoms with Gasteiger partial charge in [0.15, 0.2) is 5.96 Å². The largest absolute Gasteiger partial charge is 0.357 e. The van der Waals surface area contributed by atoms with Gasteiger partial charge < -0.3 is 10.6 Å². The molecule has 2 bridgehead atoms. The van der Waals surface area contributed by atoms with Crippen LogP contribution < -0.4 is 10.6 Å². The number of allylic oxidation sites excluding steroid dienone is 2. The molecule has 0 spiro atoms. The molecule has 1 aliphatic heterocycles. The second-order valence-corrected chi connectivity index (χ2v) is 9.43. The van der Waals surface area contributed by atoms with E-state index in [0.717, 1.165) is 38.1 Å². The van der Waals surface area contributed by atoms with Crippen molar-refractivity contribution in [3.05, 3.63) is 12.2 Å². The summed E-state index contributed by atoms with van der Waals surface area (Å²) < 4.78 is 0. The number of likely N-dealkylation sites (tertiary alicyclic amines) is 1. The molecule has 31 heavy (non-hydrogen) atoms. The van der Waals surface area contributed by atoms with Crippen molar-refractivity contribution in [2.75, 3.05) is 32.7 Å². The van der Waals surface area contributed by atoms with Crippen molar-refractivity contribution in [3.63, 3.8) is 0 Å². The van der Waals surface area contributed by atoms with Crippen LogP contribution in [0, 0.1) is 23.7 Å². The minimum atomic E-state index is -0.0923. The number of guanidine groups is 1. The average Bonchev–Trinajstić information content (AvgIpc) is 3.25. The normalized spacial score (nSPS) is 29.2. The van der Waals surface area contributed by atoms with Gasteiger partial charge in [-0.25, -0.2) is 0 Å². The van der Waals surface area contributed by atoms with Crippen LogP contribution >= 0.6 is 24.0 Å². The van der Waals surface area contributed by atoms with Gasteiger partial charge in [0.25, 0.3) is 0 Å². The number of fused-ring (bicyclic) bond motifs is 5. The molecule has 1 heterocycles. The number of hydrogen-bond donors (Lipinski definition) is 2. The molecule has 4 rings (SSSR count). The summed E-state index contributed by atoms with van der Waals surface area (Å²) in [5, 5.41) is 6.72. The summed E-state index contributed by atoms with van der Waals surface area (Å²) >= 11 is 0. The number of nitrogens with one attached hydrogen (secondary N) is 2. The molecule has 2 N–H and O–H groups in total. The summed E-state index contributed by atoms with van der Waals surface area (Å²) in [7, 11) is 0. The molecule has 1 saturated heterocycles. The first-order valence-electron chi connectivity index (χ1n) is 11.8. The smallest absolute Gasteiger partial charge is 0.233 e. The number of carbonyl (C=O) groups excluding carboxylic acids is 2. The average molecular weight is 543 g/mol. The van der Waals surface area contributed by atoms with Gasteiger partial charge in [0.1, 0.15) is 0 Å². The van der Waals surface area contributed by atoms with Crippen LogP contribution in [-0.4, -0.2) is 72.4 Å². The van der Waals surface area contributed by atoms with Crippen LogP contribution in [0.1, 0.15) is 46.5 Å². The number of nitrogens with zero attached hydrogens (tertiary/aromatic N) is 3. The molecule has 0 aromatic carbocycles. The van der Waals surface area contributed by atoms with Crippen molar-refractivity contribution in [3.8, 4) is 0 Å². The summed E-state index contributed by atoms with van der Waals surface area (Å²) in [5.74, 6) is 1.29. The van der Waals surface area contributed by atoms with Gasteiger partial charge in [0.05, 0.1) is 11.8 Å². The molecular weight excluding hydrogens is 505 g/mol. The van der Waals surface area contributed by atoms with E-state index in [0.29, 0.717) is 25.6 Å². The van der Waals surface area contributed by atoms with Crippen molar-refractivity contribution >= 4 is 41.8 Å². The number of imide groups is 1. The third-order valence-corrected chi connectivity index (χ3v) is 7.06. The van der Waals surface area contributed by atoms with Crippen LogP contribution in [0.2, 0.25) is 0 Å². The summed E-state index contributed by atoms with van der Waals surface area (Å²) in [6.07, 6.45) is 8.61. The van der Waals surface area contributed by atoms with Crippen molar-refractivity contribution in [2.45, 2.75) is 58.5 Å². The maximum atomic E-state index is 12.7. The molecular formula is C23H38IN5O2. The molecule has 4 aliphatic rings. The van der Waals surface area contributed by atoms with Crippen LogP contribution in [0.4, 0.5) is 0 Å². The molecule has 2 amide bonds. The van der Waals surface area contributed by atoms with E-state index in [1.54, 1.807) is 0 Å². The van der Waals surface area contributed by atoms with E-state index in [-0.39, 0.29) is 59.5 Å². The highest BCUT2D eigenvalue weighted by Gasteiger charge is 2.58. The molecule has 0 aromatic rings. The van der Waals surface area contributed by atoms with E-state index in [4.69, 9.17) is 0 Å². The van der Waals surface area contributed by atoms with Gasteiger partial charge in [-0.1, -0.05) is 12.2 Å². The first-order chi connectivity index (χ1) is 14.5. The van der Waals surface area contributed by atoms with Gasteiger partial charge in [0, 0.05) is 44.8 Å². The molecule has 8 heteroatoms. The van der Waals surface area contributed by atoms with Crippen LogP contribution in [0.25, 0.3) is 0 Å². The lowest BCUT2D eigenvalue weighted by Gasteiger charge is -2.26. The van der Waals surface area contributed by atoms with Crippen molar-refractivity contribution in [1.29, 1.82) is 0 Å². The fourth-order valence-electron chi connectivity index (χ4n) is 5.52. The predicted octanol–water partition coefficient (Wildman–Crippen LogP) is 2.23. The topological polar surface area (TPSA) is 77.0 Å². The van der Waals surface area contributed by atoms with Crippen LogP contribution in [0.5, 0.6) is 0 Å². The highest BCUT2D eigenvalue weighted by atomic mass is 127. The minimum Gasteiger partial charge on any atom is -0.357 e. The highest BCUT2D eigenvalue weighted by Crippen LogP contribution is 2.52. The Hall–Kier alpha value is -1.16. The van der Waals surface area contributed by atoms with Crippen LogP contribution in [-0.2, 0) is 9.59 Å².